The number of phenolic OH excluding ortho intramolecular Hbond substituents is 1. The van der Waals surface area contributed by atoms with Crippen LogP contribution in [-0.4, -0.2) is 15.9 Å². The Kier molecular flexibility index (Phi) is 6.50. The van der Waals surface area contributed by atoms with Crippen molar-refractivity contribution in [2.45, 2.75) is 33.8 Å². The van der Waals surface area contributed by atoms with Crippen LogP contribution in [0.3, 0.4) is 0 Å². The first-order chi connectivity index (χ1) is 13.9. The molecule has 0 fully saturated rings. The van der Waals surface area contributed by atoms with Gasteiger partial charge in [0.1, 0.15) is 23.9 Å². The summed E-state index contributed by atoms with van der Waals surface area (Å²) >= 11 is 0. The number of benzene rings is 2. The van der Waals surface area contributed by atoms with Crippen LogP contribution in [-0.2, 0) is 6.61 Å². The molecule has 2 N–H and O–H groups in total. The molecule has 0 saturated heterocycles. The Morgan fingerprint density at radius 2 is 1.97 bits per heavy atom. The van der Waals surface area contributed by atoms with E-state index in [4.69, 9.17) is 4.74 Å². The molecular weight excluding hydrogens is 364 g/mol. The number of nitrogens with one attached hydrogen (secondary N) is 1. The number of Topliss-reactive ketones (excluding diaryl/α,β-unsaturated/α-hetero) is 1. The van der Waals surface area contributed by atoms with Gasteiger partial charge in [-0.2, -0.15) is 0 Å². The molecule has 0 aliphatic rings. The number of anilines is 2. The Labute approximate surface area is 171 Å². The molecule has 0 aliphatic carbocycles. The quantitative estimate of drug-likeness (QED) is 0.487. The summed E-state index contributed by atoms with van der Waals surface area (Å²) in [6.07, 6.45) is 2.14. The maximum atomic E-state index is 12.3. The summed E-state index contributed by atoms with van der Waals surface area (Å²) in [5.41, 5.74) is 2.82. The molecule has 0 atom stereocenters. The van der Waals surface area contributed by atoms with Gasteiger partial charge in [-0.05, 0) is 54.8 Å². The molecule has 5 nitrogen and oxygen atoms in total. The number of pyridine rings is 1. The minimum atomic E-state index is -0.0551. The molecule has 0 saturated carbocycles. The molecule has 1 heterocycles. The molecule has 0 radical (unpaired) electrons. The molecule has 1 aromatic heterocycles. The second kappa shape index (κ2) is 9.24. The van der Waals surface area contributed by atoms with E-state index in [1.165, 1.54) is 0 Å². The van der Waals surface area contributed by atoms with Gasteiger partial charge in [0.05, 0.1) is 5.56 Å². The number of nitrogens with zero attached hydrogens (tertiary/aromatic N) is 1. The van der Waals surface area contributed by atoms with Gasteiger partial charge in [-0.3, -0.25) is 4.79 Å². The molecular formula is C24H26N2O3. The van der Waals surface area contributed by atoms with Gasteiger partial charge in [-0.15, -0.1) is 0 Å². The van der Waals surface area contributed by atoms with Crippen molar-refractivity contribution < 1.29 is 14.6 Å². The predicted octanol–water partition coefficient (Wildman–Crippen LogP) is 5.65. The van der Waals surface area contributed by atoms with Gasteiger partial charge >= 0.3 is 0 Å². The second-order valence-electron chi connectivity index (χ2n) is 7.44. The molecule has 3 rings (SSSR count). The summed E-state index contributed by atoms with van der Waals surface area (Å²) in [6, 6.07) is 17.0. The van der Waals surface area contributed by atoms with Gasteiger partial charge in [0, 0.05) is 23.9 Å². The molecule has 0 unspecified atom stereocenters. The predicted molar refractivity (Wildman–Crippen MR) is 115 cm³/mol. The second-order valence-corrected chi connectivity index (χ2v) is 7.44. The zero-order chi connectivity index (χ0) is 20.8. The summed E-state index contributed by atoms with van der Waals surface area (Å²) in [6.45, 7) is 6.07. The SMILES string of the molecule is Cc1c(OCc2cccc(Nc3ccccn3)c2)ccc(C(=O)CC(C)C)c1O. The third-order valence-electron chi connectivity index (χ3n) is 4.53. The van der Waals surface area contributed by atoms with E-state index < -0.39 is 0 Å². The van der Waals surface area contributed by atoms with Crippen molar-refractivity contribution in [2.75, 3.05) is 5.32 Å². The van der Waals surface area contributed by atoms with Crippen LogP contribution >= 0.6 is 0 Å². The van der Waals surface area contributed by atoms with E-state index in [0.29, 0.717) is 29.9 Å². The van der Waals surface area contributed by atoms with Gasteiger partial charge < -0.3 is 15.2 Å². The average Bonchev–Trinajstić information content (AvgIpc) is 2.69. The molecule has 29 heavy (non-hydrogen) atoms. The van der Waals surface area contributed by atoms with Gasteiger partial charge in [0.25, 0.3) is 0 Å². The lowest BCUT2D eigenvalue weighted by Crippen LogP contribution is -2.05. The number of hydrogen-bond donors (Lipinski definition) is 2. The lowest BCUT2D eigenvalue weighted by molar-refractivity contribution is 0.0965. The standard InChI is InChI=1S/C24H26N2O3/c1-16(2)13-21(27)20-10-11-22(17(3)24(20)28)29-15-18-7-6-8-19(14-18)26-23-9-4-5-12-25-23/h4-12,14,16,28H,13,15H2,1-3H3,(H,25,26). The Morgan fingerprint density at radius 3 is 2.69 bits per heavy atom. The van der Waals surface area contributed by atoms with Crippen LogP contribution in [0.1, 0.15) is 41.8 Å². The van der Waals surface area contributed by atoms with Gasteiger partial charge in [0.2, 0.25) is 0 Å². The topological polar surface area (TPSA) is 71.5 Å². The number of carbonyl (C=O) groups is 1. The van der Waals surface area contributed by atoms with Crippen LogP contribution in [0, 0.1) is 12.8 Å². The summed E-state index contributed by atoms with van der Waals surface area (Å²) in [7, 11) is 0. The van der Waals surface area contributed by atoms with Crippen LogP contribution in [0.4, 0.5) is 11.5 Å². The van der Waals surface area contributed by atoms with E-state index in [2.05, 4.69) is 10.3 Å². The van der Waals surface area contributed by atoms with E-state index in [1.54, 1.807) is 25.3 Å². The Balaban J connectivity index is 1.69. The van der Waals surface area contributed by atoms with Gasteiger partial charge in [-0.1, -0.05) is 32.0 Å². The minimum Gasteiger partial charge on any atom is -0.507 e. The van der Waals surface area contributed by atoms with Gasteiger partial charge in [-0.25, -0.2) is 4.98 Å². The zero-order valence-electron chi connectivity index (χ0n) is 17.0. The van der Waals surface area contributed by atoms with E-state index >= 15 is 0 Å². The summed E-state index contributed by atoms with van der Waals surface area (Å²) in [5.74, 6) is 1.52. The van der Waals surface area contributed by atoms with Crippen molar-refractivity contribution >= 4 is 17.3 Å². The normalized spacial score (nSPS) is 10.8. The molecule has 3 aromatic rings. The van der Waals surface area contributed by atoms with Crippen LogP contribution < -0.4 is 10.1 Å². The average molecular weight is 390 g/mol. The van der Waals surface area contributed by atoms with E-state index in [9.17, 15) is 9.90 Å². The molecule has 5 heteroatoms. The van der Waals surface area contributed by atoms with E-state index in [0.717, 1.165) is 17.1 Å². The Morgan fingerprint density at radius 1 is 1.14 bits per heavy atom. The molecule has 0 amide bonds. The first-order valence-corrected chi connectivity index (χ1v) is 9.69. The highest BCUT2D eigenvalue weighted by molar-refractivity contribution is 5.99. The largest absolute Gasteiger partial charge is 0.507 e. The lowest BCUT2D eigenvalue weighted by Gasteiger charge is -2.14. The number of aromatic nitrogens is 1. The number of aromatic hydroxyl groups is 1. The number of rotatable bonds is 8. The fourth-order valence-corrected chi connectivity index (χ4v) is 3.03. The fourth-order valence-electron chi connectivity index (χ4n) is 3.03. The summed E-state index contributed by atoms with van der Waals surface area (Å²) < 4.78 is 5.91. The van der Waals surface area contributed by atoms with Crippen molar-refractivity contribution in [3.63, 3.8) is 0 Å². The van der Waals surface area contributed by atoms with Crippen molar-refractivity contribution in [1.29, 1.82) is 0 Å². The molecule has 2 aromatic carbocycles. The van der Waals surface area contributed by atoms with Crippen molar-refractivity contribution in [1.82, 2.24) is 4.98 Å². The molecule has 0 bridgehead atoms. The van der Waals surface area contributed by atoms with Crippen LogP contribution in [0.25, 0.3) is 0 Å². The highest BCUT2D eigenvalue weighted by Crippen LogP contribution is 2.32. The minimum absolute atomic E-state index is 0.00119. The lowest BCUT2D eigenvalue weighted by atomic mass is 9.98. The molecule has 0 spiro atoms. The third-order valence-corrected chi connectivity index (χ3v) is 4.53. The first kappa shape index (κ1) is 20.4. The highest BCUT2D eigenvalue weighted by Gasteiger charge is 2.17. The fraction of sp³-hybridized carbons (Fsp3) is 0.250. The highest BCUT2D eigenvalue weighted by atomic mass is 16.5. The van der Waals surface area contributed by atoms with Crippen LogP contribution in [0.5, 0.6) is 11.5 Å². The van der Waals surface area contributed by atoms with Crippen molar-refractivity contribution in [3.8, 4) is 11.5 Å². The number of carbonyl (C=O) groups excluding carboxylic acids is 1. The molecule has 150 valence electrons. The van der Waals surface area contributed by atoms with Crippen molar-refractivity contribution in [2.24, 2.45) is 5.92 Å². The number of ether oxygens (including phenoxy) is 1. The smallest absolute Gasteiger partial charge is 0.166 e. The summed E-state index contributed by atoms with van der Waals surface area (Å²) in [5, 5.41) is 13.7. The Bertz CT molecular complexity index is 985. The van der Waals surface area contributed by atoms with E-state index in [1.807, 2.05) is 56.3 Å². The number of ketones is 1. The van der Waals surface area contributed by atoms with E-state index in [-0.39, 0.29) is 17.5 Å². The first-order valence-electron chi connectivity index (χ1n) is 9.69. The number of phenols is 1. The maximum Gasteiger partial charge on any atom is 0.166 e. The zero-order valence-corrected chi connectivity index (χ0v) is 17.0. The monoisotopic (exact) mass is 390 g/mol. The van der Waals surface area contributed by atoms with Crippen molar-refractivity contribution in [3.05, 3.63) is 77.5 Å². The van der Waals surface area contributed by atoms with Gasteiger partial charge in [0.15, 0.2) is 5.78 Å². The van der Waals surface area contributed by atoms with Crippen LogP contribution in [0.2, 0.25) is 0 Å². The number of hydrogen-bond acceptors (Lipinski definition) is 5. The summed E-state index contributed by atoms with van der Waals surface area (Å²) in [4.78, 5) is 16.6. The van der Waals surface area contributed by atoms with Crippen LogP contribution in [0.15, 0.2) is 60.8 Å². The maximum absolute atomic E-state index is 12.3. The molecule has 0 aliphatic heterocycles. The third kappa shape index (κ3) is 5.35. The Hall–Kier alpha value is -3.34.